The van der Waals surface area contributed by atoms with Crippen LogP contribution in [0, 0.1) is 5.82 Å². The first-order valence-corrected chi connectivity index (χ1v) is 12.9. The van der Waals surface area contributed by atoms with Crippen LogP contribution in [0.3, 0.4) is 0 Å². The molecule has 1 atom stereocenters. The van der Waals surface area contributed by atoms with Crippen LogP contribution in [-0.2, 0) is 9.84 Å². The number of likely N-dealkylation sites (N-methyl/N-ethyl adjacent to an activating group) is 1. The van der Waals surface area contributed by atoms with Crippen LogP contribution in [0.5, 0.6) is 5.75 Å². The van der Waals surface area contributed by atoms with E-state index >= 15 is 0 Å². The second-order valence-electron chi connectivity index (χ2n) is 8.71. The SMILES string of the molecule is CN1CC[C@H](Oc2cc(F)cc3nc(-c4cccc(-c5ccc(S(C)(=O)=O)cc5)n4)[nH]c(=O)c23)C1. The number of rotatable bonds is 5. The first-order valence-electron chi connectivity index (χ1n) is 11.0. The number of halogens is 1. The van der Waals surface area contributed by atoms with Gasteiger partial charge in [0.15, 0.2) is 15.7 Å². The van der Waals surface area contributed by atoms with Crippen LogP contribution < -0.4 is 10.3 Å². The van der Waals surface area contributed by atoms with Crippen LogP contribution >= 0.6 is 0 Å². The van der Waals surface area contributed by atoms with Crippen LogP contribution in [-0.4, -0.2) is 60.8 Å². The van der Waals surface area contributed by atoms with Crippen molar-refractivity contribution in [3.8, 4) is 28.5 Å². The van der Waals surface area contributed by atoms with E-state index in [1.165, 1.54) is 24.3 Å². The second kappa shape index (κ2) is 8.86. The molecule has 5 rings (SSSR count). The predicted octanol–water partition coefficient (Wildman–Crippen LogP) is 3.28. The molecular formula is C25H23FN4O4S. The summed E-state index contributed by atoms with van der Waals surface area (Å²) in [6.45, 7) is 1.57. The summed E-state index contributed by atoms with van der Waals surface area (Å²) in [5.74, 6) is -0.182. The molecule has 0 bridgehead atoms. The number of ether oxygens (including phenoxy) is 1. The van der Waals surface area contributed by atoms with Gasteiger partial charge in [-0.3, -0.25) is 4.79 Å². The van der Waals surface area contributed by atoms with Gasteiger partial charge in [0, 0.05) is 37.0 Å². The van der Waals surface area contributed by atoms with Gasteiger partial charge in [-0.1, -0.05) is 18.2 Å². The molecule has 0 unspecified atom stereocenters. The third-order valence-electron chi connectivity index (χ3n) is 5.95. The molecule has 1 fully saturated rings. The lowest BCUT2D eigenvalue weighted by atomic mass is 10.1. The van der Waals surface area contributed by atoms with Crippen molar-refractivity contribution in [3.63, 3.8) is 0 Å². The number of nitrogens with zero attached hydrogens (tertiary/aromatic N) is 3. The molecule has 3 heterocycles. The third kappa shape index (κ3) is 4.80. The zero-order valence-electron chi connectivity index (χ0n) is 19.2. The Kier molecular flexibility index (Phi) is 5.86. The van der Waals surface area contributed by atoms with Gasteiger partial charge >= 0.3 is 0 Å². The minimum atomic E-state index is -3.31. The number of likely N-dealkylation sites (tertiary alicyclic amines) is 1. The molecule has 0 radical (unpaired) electrons. The molecule has 1 saturated heterocycles. The Labute approximate surface area is 201 Å². The van der Waals surface area contributed by atoms with E-state index in [0.717, 1.165) is 19.2 Å². The molecule has 0 spiro atoms. The minimum absolute atomic E-state index is 0.128. The number of hydrogen-bond donors (Lipinski definition) is 1. The lowest BCUT2D eigenvalue weighted by molar-refractivity contribution is 0.210. The van der Waals surface area contributed by atoms with Gasteiger partial charge in [-0.15, -0.1) is 0 Å². The largest absolute Gasteiger partial charge is 0.488 e. The van der Waals surface area contributed by atoms with E-state index < -0.39 is 21.2 Å². The van der Waals surface area contributed by atoms with Crippen LogP contribution in [0.15, 0.2) is 64.3 Å². The minimum Gasteiger partial charge on any atom is -0.488 e. The molecule has 10 heteroatoms. The van der Waals surface area contributed by atoms with Crippen molar-refractivity contribution in [2.24, 2.45) is 0 Å². The summed E-state index contributed by atoms with van der Waals surface area (Å²) in [6, 6.07) is 14.0. The highest BCUT2D eigenvalue weighted by atomic mass is 32.2. The molecule has 0 saturated carbocycles. The summed E-state index contributed by atoms with van der Waals surface area (Å²) < 4.78 is 43.8. The van der Waals surface area contributed by atoms with E-state index in [1.807, 2.05) is 7.05 Å². The highest BCUT2D eigenvalue weighted by molar-refractivity contribution is 7.90. The van der Waals surface area contributed by atoms with E-state index in [-0.39, 0.29) is 33.5 Å². The molecule has 35 heavy (non-hydrogen) atoms. The van der Waals surface area contributed by atoms with Crippen molar-refractivity contribution >= 4 is 20.7 Å². The van der Waals surface area contributed by atoms with Crippen molar-refractivity contribution in [1.82, 2.24) is 19.9 Å². The van der Waals surface area contributed by atoms with Crippen molar-refractivity contribution < 1.29 is 17.5 Å². The molecule has 1 aliphatic rings. The van der Waals surface area contributed by atoms with Gasteiger partial charge in [-0.05, 0) is 37.7 Å². The maximum absolute atomic E-state index is 14.4. The van der Waals surface area contributed by atoms with Gasteiger partial charge in [0.2, 0.25) is 0 Å². The number of hydrogen-bond acceptors (Lipinski definition) is 7. The Bertz CT molecular complexity index is 1590. The summed E-state index contributed by atoms with van der Waals surface area (Å²) in [4.78, 5) is 27.2. The van der Waals surface area contributed by atoms with Gasteiger partial charge in [-0.2, -0.15) is 0 Å². The fraction of sp³-hybridized carbons (Fsp3) is 0.240. The summed E-state index contributed by atoms with van der Waals surface area (Å²) in [6.07, 6.45) is 1.81. The first-order chi connectivity index (χ1) is 16.7. The Morgan fingerprint density at radius 2 is 1.83 bits per heavy atom. The van der Waals surface area contributed by atoms with E-state index in [1.54, 1.807) is 30.3 Å². The quantitative estimate of drug-likeness (QED) is 0.454. The highest BCUT2D eigenvalue weighted by Gasteiger charge is 2.23. The Balaban J connectivity index is 1.53. The Morgan fingerprint density at radius 3 is 2.51 bits per heavy atom. The van der Waals surface area contributed by atoms with Gasteiger partial charge in [-0.25, -0.2) is 22.8 Å². The zero-order chi connectivity index (χ0) is 24.7. The molecule has 2 aromatic heterocycles. The number of pyridine rings is 1. The maximum atomic E-state index is 14.4. The lowest BCUT2D eigenvalue weighted by Crippen LogP contribution is -2.22. The number of sulfone groups is 1. The van der Waals surface area contributed by atoms with Crippen LogP contribution in [0.4, 0.5) is 4.39 Å². The van der Waals surface area contributed by atoms with Crippen molar-refractivity contribution in [2.75, 3.05) is 26.4 Å². The van der Waals surface area contributed by atoms with Gasteiger partial charge in [0.05, 0.1) is 16.1 Å². The third-order valence-corrected chi connectivity index (χ3v) is 7.08. The molecule has 0 aliphatic carbocycles. The number of aromatic amines is 1. The molecule has 8 nitrogen and oxygen atoms in total. The number of nitrogens with one attached hydrogen (secondary N) is 1. The Morgan fingerprint density at radius 1 is 1.09 bits per heavy atom. The van der Waals surface area contributed by atoms with E-state index in [0.29, 0.717) is 23.5 Å². The monoisotopic (exact) mass is 494 g/mol. The summed E-state index contributed by atoms with van der Waals surface area (Å²) >= 11 is 0. The fourth-order valence-electron chi connectivity index (χ4n) is 4.19. The molecule has 180 valence electrons. The molecule has 1 N–H and O–H groups in total. The zero-order valence-corrected chi connectivity index (χ0v) is 20.0. The lowest BCUT2D eigenvalue weighted by Gasteiger charge is -2.15. The number of H-pyrrole nitrogens is 1. The molecule has 2 aromatic carbocycles. The number of fused-ring (bicyclic) bond motifs is 1. The summed E-state index contributed by atoms with van der Waals surface area (Å²) in [7, 11) is -1.33. The Hall–Kier alpha value is -3.63. The van der Waals surface area contributed by atoms with Crippen LogP contribution in [0.2, 0.25) is 0 Å². The second-order valence-corrected chi connectivity index (χ2v) is 10.7. The number of aromatic nitrogens is 3. The predicted molar refractivity (Wildman–Crippen MR) is 131 cm³/mol. The smallest absolute Gasteiger partial charge is 0.262 e. The molecular weight excluding hydrogens is 471 g/mol. The number of benzene rings is 2. The molecule has 0 amide bonds. The topological polar surface area (TPSA) is 105 Å². The van der Waals surface area contributed by atoms with Gasteiger partial charge in [0.25, 0.3) is 5.56 Å². The first kappa shape index (κ1) is 23.1. The normalized spacial score (nSPS) is 16.6. The fourth-order valence-corrected chi connectivity index (χ4v) is 4.82. The van der Waals surface area contributed by atoms with Gasteiger partial charge < -0.3 is 14.6 Å². The standard InChI is InChI=1S/C25H23FN4O4S/c1-30-11-10-17(14-30)34-22-13-16(26)12-21-23(22)25(31)29-24(28-21)20-5-3-4-19(27-20)15-6-8-18(9-7-15)35(2,32)33/h3-9,12-13,17H,10-11,14H2,1-2H3,(H,28,29,31)/t17-/m0/s1. The van der Waals surface area contributed by atoms with E-state index in [9.17, 15) is 17.6 Å². The molecule has 4 aromatic rings. The average molecular weight is 495 g/mol. The van der Waals surface area contributed by atoms with Crippen molar-refractivity contribution in [3.05, 3.63) is 70.8 Å². The summed E-state index contributed by atoms with van der Waals surface area (Å²) in [5, 5.41) is 0.192. The average Bonchev–Trinajstić information content (AvgIpc) is 3.22. The highest BCUT2D eigenvalue weighted by Crippen LogP contribution is 2.28. The van der Waals surface area contributed by atoms with Crippen molar-refractivity contribution in [1.29, 1.82) is 0 Å². The molecule has 1 aliphatic heterocycles. The van der Waals surface area contributed by atoms with Crippen LogP contribution in [0.25, 0.3) is 33.7 Å². The van der Waals surface area contributed by atoms with E-state index in [4.69, 9.17) is 4.74 Å². The summed E-state index contributed by atoms with van der Waals surface area (Å²) in [5.41, 5.74) is 1.38. The van der Waals surface area contributed by atoms with Crippen LogP contribution in [0.1, 0.15) is 6.42 Å². The van der Waals surface area contributed by atoms with Gasteiger partial charge in [0.1, 0.15) is 28.8 Å². The van der Waals surface area contributed by atoms with E-state index in [2.05, 4.69) is 19.9 Å². The maximum Gasteiger partial charge on any atom is 0.262 e. The van der Waals surface area contributed by atoms with Crippen molar-refractivity contribution in [2.45, 2.75) is 17.4 Å².